The summed E-state index contributed by atoms with van der Waals surface area (Å²) in [7, 11) is 1.63. The molecule has 1 aromatic carbocycles. The number of hydrogen-bond acceptors (Lipinski definition) is 5. The molecule has 2 atom stereocenters. The van der Waals surface area contributed by atoms with Crippen LogP contribution in [0.25, 0.3) is 0 Å². The van der Waals surface area contributed by atoms with Gasteiger partial charge in [-0.05, 0) is 31.2 Å². The fraction of sp³-hybridized carbons (Fsp3) is 0.350. The predicted octanol–water partition coefficient (Wildman–Crippen LogP) is 2.22. The molecule has 0 radical (unpaired) electrons. The minimum absolute atomic E-state index is 0.0784. The topological polar surface area (TPSA) is 80.1 Å². The number of likely N-dealkylation sites (N-methyl/N-ethyl adjacent to an activating group) is 1. The monoisotopic (exact) mass is 370 g/mol. The summed E-state index contributed by atoms with van der Waals surface area (Å²) in [6.07, 6.45) is 0.685. The van der Waals surface area contributed by atoms with Crippen molar-refractivity contribution in [3.05, 3.63) is 54.5 Å². The van der Waals surface area contributed by atoms with Gasteiger partial charge < -0.3 is 19.0 Å². The zero-order valence-electron chi connectivity index (χ0n) is 15.3. The van der Waals surface area contributed by atoms with Gasteiger partial charge in [-0.2, -0.15) is 0 Å². The number of rotatable bonds is 6. The smallest absolute Gasteiger partial charge is 0.312 e. The lowest BCUT2D eigenvalue weighted by atomic mass is 10.1. The molecule has 0 aliphatic carbocycles. The van der Waals surface area contributed by atoms with Crippen LogP contribution in [0.4, 0.5) is 5.69 Å². The summed E-state index contributed by atoms with van der Waals surface area (Å²) in [5, 5.41) is 0. The molecule has 1 fully saturated rings. The van der Waals surface area contributed by atoms with E-state index in [1.54, 1.807) is 36.2 Å². The van der Waals surface area contributed by atoms with E-state index in [1.165, 1.54) is 18.1 Å². The first-order chi connectivity index (χ1) is 13.0. The van der Waals surface area contributed by atoms with Crippen molar-refractivity contribution >= 4 is 23.5 Å². The molecule has 2 amide bonds. The van der Waals surface area contributed by atoms with Gasteiger partial charge in [0.1, 0.15) is 5.76 Å². The Morgan fingerprint density at radius 1 is 1.26 bits per heavy atom. The second-order valence-corrected chi connectivity index (χ2v) is 6.57. The Morgan fingerprint density at radius 3 is 2.67 bits per heavy atom. The maximum absolute atomic E-state index is 12.5. The first-order valence-corrected chi connectivity index (χ1v) is 8.79. The van der Waals surface area contributed by atoms with Crippen molar-refractivity contribution in [1.82, 2.24) is 4.90 Å². The van der Waals surface area contributed by atoms with Crippen molar-refractivity contribution in [2.24, 2.45) is 5.92 Å². The first-order valence-electron chi connectivity index (χ1n) is 8.79. The van der Waals surface area contributed by atoms with E-state index in [1.807, 2.05) is 18.2 Å². The molecule has 1 aliphatic heterocycles. The summed E-state index contributed by atoms with van der Waals surface area (Å²) >= 11 is 0. The summed E-state index contributed by atoms with van der Waals surface area (Å²) in [5.41, 5.74) is 0.714. The quantitative estimate of drug-likeness (QED) is 0.729. The molecule has 3 rings (SSSR count). The van der Waals surface area contributed by atoms with Crippen molar-refractivity contribution in [1.29, 1.82) is 0 Å². The molecule has 7 heteroatoms. The maximum atomic E-state index is 12.5. The van der Waals surface area contributed by atoms with Gasteiger partial charge in [0.25, 0.3) is 5.91 Å². The lowest BCUT2D eigenvalue weighted by molar-refractivity contribution is -0.157. The van der Waals surface area contributed by atoms with Crippen LogP contribution in [0.1, 0.15) is 19.1 Å². The van der Waals surface area contributed by atoms with Crippen LogP contribution in [0.5, 0.6) is 0 Å². The third-order valence-electron chi connectivity index (χ3n) is 4.59. The molecular weight excluding hydrogens is 348 g/mol. The van der Waals surface area contributed by atoms with Crippen molar-refractivity contribution in [3.8, 4) is 0 Å². The standard InChI is InChI=1S/C20H22N2O5/c1-14(19(24)21(2)16-7-4-3-5-8-16)27-20(25)15-11-18(23)22(12-15)13-17-9-6-10-26-17/h3-10,14-15H,11-13H2,1-2H3/t14-,15-/m1/s1. The number of furan rings is 1. The molecule has 7 nitrogen and oxygen atoms in total. The number of para-hydroxylation sites is 1. The van der Waals surface area contributed by atoms with Crippen molar-refractivity contribution in [2.75, 3.05) is 18.5 Å². The average Bonchev–Trinajstić information content (AvgIpc) is 3.31. The number of carbonyl (C=O) groups excluding carboxylic acids is 3. The van der Waals surface area contributed by atoms with E-state index in [2.05, 4.69) is 0 Å². The van der Waals surface area contributed by atoms with E-state index >= 15 is 0 Å². The van der Waals surface area contributed by atoms with Gasteiger partial charge in [0, 0.05) is 25.7 Å². The highest BCUT2D eigenvalue weighted by atomic mass is 16.5. The van der Waals surface area contributed by atoms with E-state index in [4.69, 9.17) is 9.15 Å². The number of amides is 2. The SMILES string of the molecule is C[C@@H](OC(=O)[C@@H]1CC(=O)N(Cc2ccco2)C1)C(=O)N(C)c1ccccc1. The molecule has 0 saturated carbocycles. The number of benzene rings is 1. The summed E-state index contributed by atoms with van der Waals surface area (Å²) in [5.74, 6) is -0.914. The van der Waals surface area contributed by atoms with Crippen molar-refractivity contribution in [3.63, 3.8) is 0 Å². The highest BCUT2D eigenvalue weighted by Crippen LogP contribution is 2.22. The van der Waals surface area contributed by atoms with Gasteiger partial charge in [0.05, 0.1) is 18.7 Å². The molecule has 0 N–H and O–H groups in total. The number of ether oxygens (including phenoxy) is 1. The van der Waals surface area contributed by atoms with Crippen LogP contribution in [0, 0.1) is 5.92 Å². The second kappa shape index (κ2) is 8.07. The van der Waals surface area contributed by atoms with Gasteiger partial charge in [-0.1, -0.05) is 18.2 Å². The van der Waals surface area contributed by atoms with Crippen LogP contribution < -0.4 is 4.90 Å². The van der Waals surface area contributed by atoms with Gasteiger partial charge >= 0.3 is 5.97 Å². The van der Waals surface area contributed by atoms with E-state index in [0.717, 1.165) is 0 Å². The Hall–Kier alpha value is -3.09. The van der Waals surface area contributed by atoms with Gasteiger partial charge in [-0.3, -0.25) is 14.4 Å². The molecule has 1 aromatic heterocycles. The zero-order chi connectivity index (χ0) is 19.4. The van der Waals surface area contributed by atoms with Gasteiger partial charge in [-0.15, -0.1) is 0 Å². The third kappa shape index (κ3) is 4.36. The number of likely N-dealkylation sites (tertiary alicyclic amines) is 1. The predicted molar refractivity (Wildman–Crippen MR) is 97.6 cm³/mol. The molecule has 142 valence electrons. The average molecular weight is 370 g/mol. The normalized spacial score (nSPS) is 17.6. The molecule has 27 heavy (non-hydrogen) atoms. The molecule has 2 aromatic rings. The summed E-state index contributed by atoms with van der Waals surface area (Å²) in [6, 6.07) is 12.6. The fourth-order valence-electron chi connectivity index (χ4n) is 3.05. The second-order valence-electron chi connectivity index (χ2n) is 6.57. The minimum Gasteiger partial charge on any atom is -0.467 e. The highest BCUT2D eigenvalue weighted by Gasteiger charge is 2.37. The van der Waals surface area contributed by atoms with Gasteiger partial charge in [0.15, 0.2) is 6.10 Å². The van der Waals surface area contributed by atoms with E-state index in [0.29, 0.717) is 18.0 Å². The Morgan fingerprint density at radius 2 is 2.00 bits per heavy atom. The minimum atomic E-state index is -0.933. The molecule has 0 spiro atoms. The summed E-state index contributed by atoms with van der Waals surface area (Å²) in [6.45, 7) is 2.12. The Balaban J connectivity index is 1.55. The Kier molecular flexibility index (Phi) is 5.59. The van der Waals surface area contributed by atoms with E-state index in [-0.39, 0.29) is 24.8 Å². The van der Waals surface area contributed by atoms with Crippen LogP contribution in [0.2, 0.25) is 0 Å². The molecule has 0 unspecified atom stereocenters. The molecular formula is C20H22N2O5. The lowest BCUT2D eigenvalue weighted by Gasteiger charge is -2.22. The number of esters is 1. The number of hydrogen-bond donors (Lipinski definition) is 0. The van der Waals surface area contributed by atoms with Crippen molar-refractivity contribution < 1.29 is 23.5 Å². The molecule has 2 heterocycles. The van der Waals surface area contributed by atoms with E-state index in [9.17, 15) is 14.4 Å². The zero-order valence-corrected chi connectivity index (χ0v) is 15.3. The van der Waals surface area contributed by atoms with Crippen LogP contribution in [-0.2, 0) is 25.7 Å². The third-order valence-corrected chi connectivity index (χ3v) is 4.59. The number of carbonyl (C=O) groups is 3. The van der Waals surface area contributed by atoms with E-state index < -0.39 is 18.0 Å². The van der Waals surface area contributed by atoms with Gasteiger partial charge in [-0.25, -0.2) is 0 Å². The first kappa shape index (κ1) is 18.7. The van der Waals surface area contributed by atoms with Gasteiger partial charge in [0.2, 0.25) is 5.91 Å². The summed E-state index contributed by atoms with van der Waals surface area (Å²) in [4.78, 5) is 40.0. The van der Waals surface area contributed by atoms with Crippen LogP contribution in [-0.4, -0.2) is 42.4 Å². The molecule has 1 aliphatic rings. The van der Waals surface area contributed by atoms with Crippen LogP contribution in [0.15, 0.2) is 53.1 Å². The van der Waals surface area contributed by atoms with Crippen molar-refractivity contribution in [2.45, 2.75) is 26.0 Å². The fourth-order valence-corrected chi connectivity index (χ4v) is 3.05. The Bertz CT molecular complexity index is 803. The maximum Gasteiger partial charge on any atom is 0.312 e. The largest absolute Gasteiger partial charge is 0.467 e. The van der Waals surface area contributed by atoms with Crippen LogP contribution >= 0.6 is 0 Å². The Labute approximate surface area is 157 Å². The summed E-state index contributed by atoms with van der Waals surface area (Å²) < 4.78 is 10.6. The molecule has 0 bridgehead atoms. The number of anilines is 1. The highest BCUT2D eigenvalue weighted by molar-refractivity contribution is 5.97. The van der Waals surface area contributed by atoms with Crippen LogP contribution in [0.3, 0.4) is 0 Å². The lowest BCUT2D eigenvalue weighted by Crippen LogP contribution is -2.38. The molecule has 1 saturated heterocycles. The number of nitrogens with zero attached hydrogens (tertiary/aromatic N) is 2.